The lowest BCUT2D eigenvalue weighted by Crippen LogP contribution is -2.47. The van der Waals surface area contributed by atoms with Crippen LogP contribution in [-0.2, 0) is 10.8 Å². The number of rotatable bonds is 3. The van der Waals surface area contributed by atoms with E-state index in [1.165, 1.54) is 37.7 Å². The van der Waals surface area contributed by atoms with Gasteiger partial charge in [0.05, 0.1) is 0 Å². The Morgan fingerprint density at radius 3 is 1.86 bits per heavy atom. The number of phenols is 1. The van der Waals surface area contributed by atoms with Crippen molar-refractivity contribution in [2.24, 2.45) is 5.92 Å². The normalized spacial score (nSPS) is 21.6. The maximum atomic E-state index is 11.2. The first kappa shape index (κ1) is 21.6. The molecule has 1 aliphatic carbocycles. The van der Waals surface area contributed by atoms with E-state index in [1.54, 1.807) is 0 Å². The second-order valence-electron chi connectivity index (χ2n) is 11.1. The molecule has 1 aliphatic heterocycles. The fraction of sp³-hybridized carbons (Fsp3) is 0.760. The van der Waals surface area contributed by atoms with Crippen molar-refractivity contribution in [3.05, 3.63) is 28.8 Å². The highest BCUT2D eigenvalue weighted by atomic mass is 16.3. The summed E-state index contributed by atoms with van der Waals surface area (Å²) in [6.45, 7) is 17.7. The Kier molecular flexibility index (Phi) is 6.46. The van der Waals surface area contributed by atoms with Crippen LogP contribution in [0.15, 0.2) is 12.1 Å². The van der Waals surface area contributed by atoms with Crippen LogP contribution in [-0.4, -0.2) is 36.2 Å². The Balaban J connectivity index is 2.12. The van der Waals surface area contributed by atoms with Gasteiger partial charge in [0, 0.05) is 32.2 Å². The molecule has 2 fully saturated rings. The fourth-order valence-corrected chi connectivity index (χ4v) is 5.16. The molecule has 0 radical (unpaired) electrons. The summed E-state index contributed by atoms with van der Waals surface area (Å²) < 4.78 is 0. The maximum Gasteiger partial charge on any atom is 0.123 e. The number of phenolic OH excluding ortho intramolecular Hbond substituents is 1. The topological polar surface area (TPSA) is 35.5 Å². The van der Waals surface area contributed by atoms with E-state index in [2.05, 4.69) is 63.9 Å². The van der Waals surface area contributed by atoms with Crippen molar-refractivity contribution in [3.8, 4) is 5.75 Å². The standard InChI is InChI=1S/C25H42N2O/c1-24(2,3)20-16-19(17-21(23(20)28)25(4,5)6)22(18-10-8-7-9-11-18)27-14-12-26-13-15-27/h16-18,22,26,28H,7-15H2,1-6H3/t22-/m1/s1. The van der Waals surface area contributed by atoms with Gasteiger partial charge in [-0.15, -0.1) is 0 Å². The second-order valence-corrected chi connectivity index (χ2v) is 11.1. The highest BCUT2D eigenvalue weighted by Crippen LogP contribution is 2.45. The molecule has 0 amide bonds. The molecule has 158 valence electrons. The van der Waals surface area contributed by atoms with Crippen LogP contribution in [0.4, 0.5) is 0 Å². The second kappa shape index (κ2) is 8.36. The van der Waals surface area contributed by atoms with Crippen molar-refractivity contribution in [2.45, 2.75) is 90.5 Å². The Bertz CT molecular complexity index is 603. The lowest BCUT2D eigenvalue weighted by Gasteiger charge is -2.42. The van der Waals surface area contributed by atoms with Gasteiger partial charge in [0.2, 0.25) is 0 Å². The fourth-order valence-electron chi connectivity index (χ4n) is 5.16. The van der Waals surface area contributed by atoms with Crippen molar-refractivity contribution in [3.63, 3.8) is 0 Å². The quantitative estimate of drug-likeness (QED) is 0.718. The van der Waals surface area contributed by atoms with Crippen LogP contribution in [0, 0.1) is 5.92 Å². The average molecular weight is 387 g/mol. The number of benzene rings is 1. The molecule has 3 nitrogen and oxygen atoms in total. The molecular weight excluding hydrogens is 344 g/mol. The van der Waals surface area contributed by atoms with E-state index in [-0.39, 0.29) is 10.8 Å². The van der Waals surface area contributed by atoms with Crippen molar-refractivity contribution in [1.29, 1.82) is 0 Å². The summed E-state index contributed by atoms with van der Waals surface area (Å²) in [5, 5.41) is 14.7. The summed E-state index contributed by atoms with van der Waals surface area (Å²) in [5.74, 6) is 1.24. The molecule has 1 aromatic rings. The van der Waals surface area contributed by atoms with Crippen LogP contribution in [0.3, 0.4) is 0 Å². The molecule has 3 rings (SSSR count). The molecule has 1 atom stereocenters. The number of hydrogen-bond donors (Lipinski definition) is 2. The molecule has 0 spiro atoms. The third kappa shape index (κ3) is 4.74. The van der Waals surface area contributed by atoms with Crippen LogP contribution in [0.5, 0.6) is 5.75 Å². The van der Waals surface area contributed by atoms with E-state index in [1.807, 2.05) is 0 Å². The summed E-state index contributed by atoms with van der Waals surface area (Å²) in [6.07, 6.45) is 6.80. The number of nitrogens with one attached hydrogen (secondary N) is 1. The zero-order valence-electron chi connectivity index (χ0n) is 19.1. The van der Waals surface area contributed by atoms with Crippen LogP contribution in [0.25, 0.3) is 0 Å². The highest BCUT2D eigenvalue weighted by molar-refractivity contribution is 5.50. The summed E-state index contributed by atoms with van der Waals surface area (Å²) in [7, 11) is 0. The molecule has 2 N–H and O–H groups in total. The number of piperazine rings is 1. The van der Waals surface area contributed by atoms with Gasteiger partial charge in [-0.1, -0.05) is 60.8 Å². The molecule has 28 heavy (non-hydrogen) atoms. The minimum absolute atomic E-state index is 0.0688. The maximum absolute atomic E-state index is 11.2. The summed E-state index contributed by atoms with van der Waals surface area (Å²) >= 11 is 0. The van der Waals surface area contributed by atoms with Gasteiger partial charge in [0.25, 0.3) is 0 Å². The van der Waals surface area contributed by atoms with Crippen LogP contribution < -0.4 is 5.32 Å². The van der Waals surface area contributed by atoms with Crippen LogP contribution >= 0.6 is 0 Å². The molecule has 2 aliphatic rings. The third-order valence-electron chi connectivity index (χ3n) is 6.73. The lowest BCUT2D eigenvalue weighted by molar-refractivity contribution is 0.103. The molecule has 0 aromatic heterocycles. The SMILES string of the molecule is CC(C)(C)c1cc([C@@H](C2CCCCC2)N2CCNCC2)cc(C(C)(C)C)c1O. The minimum Gasteiger partial charge on any atom is -0.507 e. The van der Waals surface area contributed by atoms with Gasteiger partial charge < -0.3 is 10.4 Å². The first-order valence-corrected chi connectivity index (χ1v) is 11.4. The van der Waals surface area contributed by atoms with Crippen molar-refractivity contribution < 1.29 is 5.11 Å². The van der Waals surface area contributed by atoms with Crippen LogP contribution in [0.2, 0.25) is 0 Å². The Labute approximate surface area is 172 Å². The molecule has 0 unspecified atom stereocenters. The zero-order chi connectivity index (χ0) is 20.5. The Hall–Kier alpha value is -1.06. The Morgan fingerprint density at radius 2 is 1.39 bits per heavy atom. The van der Waals surface area contributed by atoms with E-state index in [0.717, 1.165) is 43.2 Å². The summed E-state index contributed by atoms with van der Waals surface area (Å²) in [6, 6.07) is 5.16. The van der Waals surface area contributed by atoms with Gasteiger partial charge >= 0.3 is 0 Å². The molecule has 1 aromatic carbocycles. The molecule has 3 heteroatoms. The third-order valence-corrected chi connectivity index (χ3v) is 6.73. The largest absolute Gasteiger partial charge is 0.507 e. The average Bonchev–Trinajstić information content (AvgIpc) is 2.63. The molecule has 1 saturated heterocycles. The predicted octanol–water partition coefficient (Wildman–Crippen LogP) is 5.51. The van der Waals surface area contributed by atoms with Crippen molar-refractivity contribution >= 4 is 0 Å². The Morgan fingerprint density at radius 1 is 0.893 bits per heavy atom. The lowest BCUT2D eigenvalue weighted by atomic mass is 9.74. The van der Waals surface area contributed by atoms with E-state index < -0.39 is 0 Å². The van der Waals surface area contributed by atoms with Gasteiger partial charge in [0.1, 0.15) is 5.75 Å². The van der Waals surface area contributed by atoms with Crippen molar-refractivity contribution in [1.82, 2.24) is 10.2 Å². The first-order valence-electron chi connectivity index (χ1n) is 11.4. The smallest absolute Gasteiger partial charge is 0.123 e. The van der Waals surface area contributed by atoms with E-state index in [4.69, 9.17) is 0 Å². The number of hydrogen-bond acceptors (Lipinski definition) is 3. The van der Waals surface area contributed by atoms with E-state index in [9.17, 15) is 5.11 Å². The number of aromatic hydroxyl groups is 1. The number of nitrogens with zero attached hydrogens (tertiary/aromatic N) is 1. The van der Waals surface area contributed by atoms with Gasteiger partial charge in [-0.3, -0.25) is 4.90 Å². The van der Waals surface area contributed by atoms with E-state index >= 15 is 0 Å². The van der Waals surface area contributed by atoms with Gasteiger partial charge in [-0.25, -0.2) is 0 Å². The first-order chi connectivity index (χ1) is 13.1. The summed E-state index contributed by atoms with van der Waals surface area (Å²) in [4.78, 5) is 2.72. The van der Waals surface area contributed by atoms with Crippen molar-refractivity contribution in [2.75, 3.05) is 26.2 Å². The molecular formula is C25H42N2O. The molecule has 0 bridgehead atoms. The molecule has 1 heterocycles. The minimum atomic E-state index is -0.0688. The predicted molar refractivity (Wildman–Crippen MR) is 119 cm³/mol. The van der Waals surface area contributed by atoms with Gasteiger partial charge in [-0.2, -0.15) is 0 Å². The van der Waals surface area contributed by atoms with Gasteiger partial charge in [0.15, 0.2) is 0 Å². The zero-order valence-corrected chi connectivity index (χ0v) is 19.1. The van der Waals surface area contributed by atoms with Gasteiger partial charge in [-0.05, 0) is 58.4 Å². The highest BCUT2D eigenvalue weighted by Gasteiger charge is 2.34. The summed E-state index contributed by atoms with van der Waals surface area (Å²) in [5.41, 5.74) is 3.50. The molecule has 1 saturated carbocycles. The van der Waals surface area contributed by atoms with E-state index in [0.29, 0.717) is 11.8 Å². The van der Waals surface area contributed by atoms with Crippen LogP contribution in [0.1, 0.15) is 96.4 Å². The monoisotopic (exact) mass is 386 g/mol.